The standard InChI is InChI=1S/C14H21BrFNO/c1-10(2)6-14(8-17,9-18)7-11-5-12(16)3-4-13(11)15/h3-5,10,18H,6-9,17H2,1-2H3. The Bertz CT molecular complexity index is 391. The number of aliphatic hydroxyl groups is 1. The summed E-state index contributed by atoms with van der Waals surface area (Å²) in [6.45, 7) is 4.61. The zero-order chi connectivity index (χ0) is 13.8. The normalized spacial score (nSPS) is 14.8. The Morgan fingerprint density at radius 2 is 2.11 bits per heavy atom. The molecule has 1 atom stereocenters. The number of rotatable bonds is 6. The second-order valence-corrected chi connectivity index (χ2v) is 6.23. The molecule has 0 aliphatic heterocycles. The van der Waals surface area contributed by atoms with E-state index >= 15 is 0 Å². The Morgan fingerprint density at radius 1 is 1.44 bits per heavy atom. The first-order chi connectivity index (χ1) is 8.42. The highest BCUT2D eigenvalue weighted by atomic mass is 79.9. The lowest BCUT2D eigenvalue weighted by molar-refractivity contribution is 0.107. The van der Waals surface area contributed by atoms with Gasteiger partial charge in [-0.05, 0) is 42.5 Å². The Labute approximate surface area is 117 Å². The molecule has 3 N–H and O–H groups in total. The van der Waals surface area contributed by atoms with Crippen molar-refractivity contribution in [2.45, 2.75) is 26.7 Å². The van der Waals surface area contributed by atoms with Gasteiger partial charge in [-0.15, -0.1) is 0 Å². The number of benzene rings is 1. The Balaban J connectivity index is 2.98. The molecule has 1 rings (SSSR count). The number of nitrogens with two attached hydrogens (primary N) is 1. The molecule has 0 saturated carbocycles. The fourth-order valence-corrected chi connectivity index (χ4v) is 2.75. The molecule has 2 nitrogen and oxygen atoms in total. The smallest absolute Gasteiger partial charge is 0.123 e. The summed E-state index contributed by atoms with van der Waals surface area (Å²) in [5.41, 5.74) is 6.32. The molecule has 0 saturated heterocycles. The number of aliphatic hydroxyl groups excluding tert-OH is 1. The van der Waals surface area contributed by atoms with E-state index in [1.165, 1.54) is 12.1 Å². The lowest BCUT2D eigenvalue weighted by Gasteiger charge is -2.32. The molecule has 1 unspecified atom stereocenters. The largest absolute Gasteiger partial charge is 0.396 e. The lowest BCUT2D eigenvalue weighted by atomic mass is 9.76. The molecule has 1 aromatic rings. The summed E-state index contributed by atoms with van der Waals surface area (Å²) in [6, 6.07) is 4.61. The van der Waals surface area contributed by atoms with Crippen molar-refractivity contribution in [1.82, 2.24) is 0 Å². The van der Waals surface area contributed by atoms with Gasteiger partial charge in [-0.1, -0.05) is 29.8 Å². The second kappa shape index (κ2) is 6.64. The molecule has 102 valence electrons. The zero-order valence-corrected chi connectivity index (χ0v) is 12.5. The van der Waals surface area contributed by atoms with E-state index in [-0.39, 0.29) is 17.8 Å². The first-order valence-electron chi connectivity index (χ1n) is 6.17. The predicted octanol–water partition coefficient (Wildman–Crippen LogP) is 3.11. The molecule has 0 amide bonds. The summed E-state index contributed by atoms with van der Waals surface area (Å²) in [4.78, 5) is 0. The highest BCUT2D eigenvalue weighted by Gasteiger charge is 2.30. The first-order valence-corrected chi connectivity index (χ1v) is 6.96. The van der Waals surface area contributed by atoms with Crippen LogP contribution in [0.25, 0.3) is 0 Å². The van der Waals surface area contributed by atoms with Gasteiger partial charge in [0.1, 0.15) is 5.82 Å². The van der Waals surface area contributed by atoms with Crippen LogP contribution in [0.5, 0.6) is 0 Å². The van der Waals surface area contributed by atoms with Crippen LogP contribution in [-0.4, -0.2) is 18.3 Å². The summed E-state index contributed by atoms with van der Waals surface area (Å²) in [6.07, 6.45) is 1.40. The third-order valence-electron chi connectivity index (χ3n) is 3.18. The maximum absolute atomic E-state index is 13.3. The monoisotopic (exact) mass is 317 g/mol. The Hall–Kier alpha value is -0.450. The van der Waals surface area contributed by atoms with Crippen molar-refractivity contribution in [3.8, 4) is 0 Å². The van der Waals surface area contributed by atoms with E-state index in [1.807, 2.05) is 0 Å². The molecule has 0 aliphatic rings. The van der Waals surface area contributed by atoms with E-state index in [0.717, 1.165) is 16.5 Å². The third-order valence-corrected chi connectivity index (χ3v) is 3.96. The molecule has 0 bridgehead atoms. The van der Waals surface area contributed by atoms with Gasteiger partial charge in [-0.2, -0.15) is 0 Å². The van der Waals surface area contributed by atoms with Crippen molar-refractivity contribution in [3.05, 3.63) is 34.1 Å². The van der Waals surface area contributed by atoms with E-state index in [0.29, 0.717) is 18.9 Å². The maximum Gasteiger partial charge on any atom is 0.123 e. The molecule has 0 radical (unpaired) electrons. The van der Waals surface area contributed by atoms with Crippen molar-refractivity contribution in [1.29, 1.82) is 0 Å². The van der Waals surface area contributed by atoms with Crippen molar-refractivity contribution in [2.75, 3.05) is 13.2 Å². The maximum atomic E-state index is 13.3. The second-order valence-electron chi connectivity index (χ2n) is 5.37. The quantitative estimate of drug-likeness (QED) is 0.846. The van der Waals surface area contributed by atoms with Crippen molar-refractivity contribution in [2.24, 2.45) is 17.1 Å². The predicted molar refractivity (Wildman–Crippen MR) is 75.8 cm³/mol. The summed E-state index contributed by atoms with van der Waals surface area (Å²) in [5.74, 6) is 0.176. The van der Waals surface area contributed by atoms with E-state index in [1.54, 1.807) is 6.07 Å². The van der Waals surface area contributed by atoms with Gasteiger partial charge in [0.25, 0.3) is 0 Å². The number of halogens is 2. The van der Waals surface area contributed by atoms with E-state index < -0.39 is 0 Å². The molecule has 0 spiro atoms. The van der Waals surface area contributed by atoms with Gasteiger partial charge in [0.05, 0.1) is 6.61 Å². The van der Waals surface area contributed by atoms with Crippen LogP contribution in [0.15, 0.2) is 22.7 Å². The first kappa shape index (κ1) is 15.6. The molecule has 0 aromatic heterocycles. The van der Waals surface area contributed by atoms with Crippen molar-refractivity contribution in [3.63, 3.8) is 0 Å². The SMILES string of the molecule is CC(C)CC(CN)(CO)Cc1cc(F)ccc1Br. The minimum atomic E-state index is -0.371. The van der Waals surface area contributed by atoms with Crippen LogP contribution in [0.2, 0.25) is 0 Å². The van der Waals surface area contributed by atoms with Crippen molar-refractivity contribution >= 4 is 15.9 Å². The summed E-state index contributed by atoms with van der Waals surface area (Å²) in [5, 5.41) is 9.66. The minimum absolute atomic E-state index is 0.0185. The topological polar surface area (TPSA) is 46.2 Å². The van der Waals surface area contributed by atoms with E-state index in [9.17, 15) is 9.50 Å². The van der Waals surface area contributed by atoms with Crippen LogP contribution in [0, 0.1) is 17.2 Å². The van der Waals surface area contributed by atoms with E-state index in [2.05, 4.69) is 29.8 Å². The average Bonchev–Trinajstić information content (AvgIpc) is 2.32. The summed E-state index contributed by atoms with van der Waals surface area (Å²) in [7, 11) is 0. The minimum Gasteiger partial charge on any atom is -0.396 e. The number of hydrogen-bond acceptors (Lipinski definition) is 2. The summed E-state index contributed by atoms with van der Waals surface area (Å²) < 4.78 is 14.1. The van der Waals surface area contributed by atoms with Crippen molar-refractivity contribution < 1.29 is 9.50 Å². The lowest BCUT2D eigenvalue weighted by Crippen LogP contribution is -2.38. The molecule has 4 heteroatoms. The Morgan fingerprint density at radius 3 is 2.61 bits per heavy atom. The van der Waals surface area contributed by atoms with Gasteiger partial charge in [-0.3, -0.25) is 0 Å². The van der Waals surface area contributed by atoms with Crippen LogP contribution >= 0.6 is 15.9 Å². The molecule has 1 aromatic carbocycles. The van der Waals surface area contributed by atoms with Crippen LogP contribution in [0.1, 0.15) is 25.8 Å². The molecular weight excluding hydrogens is 297 g/mol. The highest BCUT2D eigenvalue weighted by molar-refractivity contribution is 9.10. The molecule has 0 aliphatic carbocycles. The van der Waals surface area contributed by atoms with Gasteiger partial charge in [0.2, 0.25) is 0 Å². The van der Waals surface area contributed by atoms with Gasteiger partial charge in [0, 0.05) is 16.4 Å². The van der Waals surface area contributed by atoms with Gasteiger partial charge in [-0.25, -0.2) is 4.39 Å². The third kappa shape index (κ3) is 4.04. The van der Waals surface area contributed by atoms with Crippen LogP contribution in [-0.2, 0) is 6.42 Å². The van der Waals surface area contributed by atoms with E-state index in [4.69, 9.17) is 5.73 Å². The molecule has 0 fully saturated rings. The van der Waals surface area contributed by atoms with Gasteiger partial charge >= 0.3 is 0 Å². The Kier molecular flexibility index (Phi) is 5.76. The number of hydrogen-bond donors (Lipinski definition) is 2. The van der Waals surface area contributed by atoms with Crippen LogP contribution < -0.4 is 5.73 Å². The molecular formula is C14H21BrFNO. The molecule has 0 heterocycles. The van der Waals surface area contributed by atoms with Gasteiger partial charge < -0.3 is 10.8 Å². The molecule has 18 heavy (non-hydrogen) atoms. The summed E-state index contributed by atoms with van der Waals surface area (Å²) >= 11 is 3.42. The zero-order valence-electron chi connectivity index (χ0n) is 10.9. The average molecular weight is 318 g/mol. The van der Waals surface area contributed by atoms with Gasteiger partial charge in [0.15, 0.2) is 0 Å². The van der Waals surface area contributed by atoms with Crippen LogP contribution in [0.4, 0.5) is 4.39 Å². The van der Waals surface area contributed by atoms with Crippen LogP contribution in [0.3, 0.4) is 0 Å². The highest BCUT2D eigenvalue weighted by Crippen LogP contribution is 2.32. The fraction of sp³-hybridized carbons (Fsp3) is 0.571. The fourth-order valence-electron chi connectivity index (χ4n) is 2.36.